The molecule has 3 rings (SSSR count). The Kier molecular flexibility index (Phi) is 3.40. The van der Waals surface area contributed by atoms with Crippen LogP contribution in [0.4, 0.5) is 10.1 Å². The van der Waals surface area contributed by atoms with E-state index in [1.54, 1.807) is 0 Å². The highest BCUT2D eigenvalue weighted by molar-refractivity contribution is 5.99. The van der Waals surface area contributed by atoms with Crippen LogP contribution in [0.3, 0.4) is 0 Å². The second-order valence-electron chi connectivity index (χ2n) is 6.23. The smallest absolute Gasteiger partial charge is 0.255 e. The van der Waals surface area contributed by atoms with Gasteiger partial charge in [0, 0.05) is 18.8 Å². The molecule has 3 nitrogen and oxygen atoms in total. The topological polar surface area (TPSA) is 46.3 Å². The van der Waals surface area contributed by atoms with Crippen molar-refractivity contribution < 1.29 is 9.18 Å². The van der Waals surface area contributed by atoms with Gasteiger partial charge in [0.1, 0.15) is 5.82 Å². The van der Waals surface area contributed by atoms with Gasteiger partial charge in [-0.15, -0.1) is 0 Å². The Morgan fingerprint density at radius 3 is 2.40 bits per heavy atom. The zero-order chi connectivity index (χ0) is 14.2. The molecule has 0 aromatic heterocycles. The van der Waals surface area contributed by atoms with Gasteiger partial charge in [0.05, 0.1) is 5.56 Å². The third kappa shape index (κ3) is 2.39. The number of piperidine rings is 1. The van der Waals surface area contributed by atoms with Crippen LogP contribution in [0.1, 0.15) is 48.9 Å². The summed E-state index contributed by atoms with van der Waals surface area (Å²) in [7, 11) is 0. The van der Waals surface area contributed by atoms with E-state index in [1.807, 2.05) is 4.90 Å². The van der Waals surface area contributed by atoms with Gasteiger partial charge in [-0.3, -0.25) is 4.79 Å². The van der Waals surface area contributed by atoms with Crippen LogP contribution >= 0.6 is 0 Å². The van der Waals surface area contributed by atoms with E-state index in [2.05, 4.69) is 0 Å². The van der Waals surface area contributed by atoms with Crippen LogP contribution in [0.15, 0.2) is 18.2 Å². The molecule has 1 saturated carbocycles. The quantitative estimate of drug-likeness (QED) is 0.801. The molecule has 1 heterocycles. The molecule has 0 radical (unpaired) electrons. The van der Waals surface area contributed by atoms with Crippen LogP contribution in [-0.4, -0.2) is 23.9 Å². The van der Waals surface area contributed by atoms with Crippen molar-refractivity contribution in [2.45, 2.75) is 38.5 Å². The van der Waals surface area contributed by atoms with Gasteiger partial charge in [-0.05, 0) is 49.3 Å². The molecule has 0 bridgehead atoms. The van der Waals surface area contributed by atoms with Crippen LogP contribution in [0.5, 0.6) is 0 Å². The first-order valence-electron chi connectivity index (χ1n) is 7.44. The molecule has 1 spiro atoms. The number of amides is 1. The van der Waals surface area contributed by atoms with E-state index in [9.17, 15) is 9.18 Å². The molecular formula is C16H21FN2O. The Labute approximate surface area is 118 Å². The first-order valence-corrected chi connectivity index (χ1v) is 7.44. The summed E-state index contributed by atoms with van der Waals surface area (Å²) in [5.74, 6) is -0.460. The molecule has 1 aromatic rings. The summed E-state index contributed by atoms with van der Waals surface area (Å²) >= 11 is 0. The van der Waals surface area contributed by atoms with Crippen molar-refractivity contribution in [1.29, 1.82) is 0 Å². The normalized spacial score (nSPS) is 21.4. The van der Waals surface area contributed by atoms with Crippen molar-refractivity contribution >= 4 is 11.6 Å². The Morgan fingerprint density at radius 1 is 1.15 bits per heavy atom. The van der Waals surface area contributed by atoms with Gasteiger partial charge < -0.3 is 10.6 Å². The van der Waals surface area contributed by atoms with E-state index in [4.69, 9.17) is 5.73 Å². The number of hydrogen-bond acceptors (Lipinski definition) is 2. The van der Waals surface area contributed by atoms with Gasteiger partial charge in [-0.2, -0.15) is 0 Å². The molecule has 1 aliphatic carbocycles. The fourth-order valence-electron chi connectivity index (χ4n) is 3.71. The molecule has 1 saturated heterocycles. The number of halogens is 1. The SMILES string of the molecule is Nc1cc(F)ccc1C(=O)N1CCC2(CCCC2)CC1. The van der Waals surface area contributed by atoms with Gasteiger partial charge in [-0.1, -0.05) is 12.8 Å². The van der Waals surface area contributed by atoms with Crippen molar-refractivity contribution in [3.63, 3.8) is 0 Å². The minimum Gasteiger partial charge on any atom is -0.398 e. The van der Waals surface area contributed by atoms with Gasteiger partial charge in [0.15, 0.2) is 0 Å². The van der Waals surface area contributed by atoms with E-state index in [0.29, 0.717) is 11.0 Å². The van der Waals surface area contributed by atoms with Crippen LogP contribution in [0, 0.1) is 11.2 Å². The Balaban J connectivity index is 1.69. The second-order valence-corrected chi connectivity index (χ2v) is 6.23. The third-order valence-electron chi connectivity index (χ3n) is 5.02. The average Bonchev–Trinajstić information content (AvgIpc) is 2.87. The third-order valence-corrected chi connectivity index (χ3v) is 5.02. The zero-order valence-electron chi connectivity index (χ0n) is 11.7. The average molecular weight is 276 g/mol. The van der Waals surface area contributed by atoms with E-state index < -0.39 is 5.82 Å². The summed E-state index contributed by atoms with van der Waals surface area (Å²) in [6.07, 6.45) is 7.48. The van der Waals surface area contributed by atoms with Gasteiger partial charge >= 0.3 is 0 Å². The number of carbonyl (C=O) groups is 1. The molecular weight excluding hydrogens is 255 g/mol. The van der Waals surface area contributed by atoms with E-state index in [0.717, 1.165) is 25.9 Å². The fourth-order valence-corrected chi connectivity index (χ4v) is 3.71. The van der Waals surface area contributed by atoms with Gasteiger partial charge in [0.2, 0.25) is 0 Å². The first kappa shape index (κ1) is 13.4. The molecule has 0 atom stereocenters. The lowest BCUT2D eigenvalue weighted by Crippen LogP contribution is -2.42. The number of nitrogen functional groups attached to an aromatic ring is 1. The predicted octanol–water partition coefficient (Wildman–Crippen LogP) is 3.20. The van der Waals surface area contributed by atoms with Crippen LogP contribution in [0.25, 0.3) is 0 Å². The number of likely N-dealkylation sites (tertiary alicyclic amines) is 1. The number of benzene rings is 1. The van der Waals surface area contributed by atoms with E-state index >= 15 is 0 Å². The van der Waals surface area contributed by atoms with Crippen molar-refractivity contribution in [3.05, 3.63) is 29.6 Å². The van der Waals surface area contributed by atoms with Crippen LogP contribution in [0.2, 0.25) is 0 Å². The first-order chi connectivity index (χ1) is 9.60. The highest BCUT2D eigenvalue weighted by Gasteiger charge is 2.38. The Bertz CT molecular complexity index is 513. The fraction of sp³-hybridized carbons (Fsp3) is 0.562. The molecule has 0 unspecified atom stereocenters. The molecule has 1 amide bonds. The summed E-state index contributed by atoms with van der Waals surface area (Å²) in [6.45, 7) is 1.60. The maximum absolute atomic E-state index is 13.0. The molecule has 2 N–H and O–H groups in total. The monoisotopic (exact) mass is 276 g/mol. The van der Waals surface area contributed by atoms with Crippen molar-refractivity contribution in [2.24, 2.45) is 5.41 Å². The summed E-state index contributed by atoms with van der Waals surface area (Å²) in [5.41, 5.74) is 6.91. The summed E-state index contributed by atoms with van der Waals surface area (Å²) in [4.78, 5) is 14.3. The second kappa shape index (κ2) is 5.08. The molecule has 108 valence electrons. The zero-order valence-corrected chi connectivity index (χ0v) is 11.7. The summed E-state index contributed by atoms with van der Waals surface area (Å²) in [6, 6.07) is 4.01. The lowest BCUT2D eigenvalue weighted by Gasteiger charge is -2.39. The standard InChI is InChI=1S/C16H21FN2O/c17-12-3-4-13(14(18)11-12)15(20)19-9-7-16(8-10-19)5-1-2-6-16/h3-4,11H,1-2,5-10,18H2. The van der Waals surface area contributed by atoms with Gasteiger partial charge in [0.25, 0.3) is 5.91 Å². The number of nitrogens with zero attached hydrogens (tertiary/aromatic N) is 1. The minimum atomic E-state index is -0.400. The van der Waals surface area contributed by atoms with Crippen molar-refractivity contribution in [1.82, 2.24) is 4.90 Å². The molecule has 1 aromatic carbocycles. The molecule has 20 heavy (non-hydrogen) atoms. The number of anilines is 1. The van der Waals surface area contributed by atoms with E-state index in [1.165, 1.54) is 43.9 Å². The minimum absolute atomic E-state index is 0.0599. The number of hydrogen-bond donors (Lipinski definition) is 1. The maximum Gasteiger partial charge on any atom is 0.255 e. The van der Waals surface area contributed by atoms with Crippen molar-refractivity contribution in [2.75, 3.05) is 18.8 Å². The lowest BCUT2D eigenvalue weighted by atomic mass is 9.77. The molecule has 2 fully saturated rings. The lowest BCUT2D eigenvalue weighted by molar-refractivity contribution is 0.0588. The highest BCUT2D eigenvalue weighted by Crippen LogP contribution is 2.46. The number of nitrogens with two attached hydrogens (primary N) is 1. The van der Waals surface area contributed by atoms with Crippen molar-refractivity contribution in [3.8, 4) is 0 Å². The largest absolute Gasteiger partial charge is 0.398 e. The molecule has 4 heteroatoms. The Hall–Kier alpha value is -1.58. The van der Waals surface area contributed by atoms with E-state index in [-0.39, 0.29) is 11.6 Å². The van der Waals surface area contributed by atoms with Crippen LogP contribution in [-0.2, 0) is 0 Å². The highest BCUT2D eigenvalue weighted by atomic mass is 19.1. The summed E-state index contributed by atoms with van der Waals surface area (Å²) < 4.78 is 13.0. The number of carbonyl (C=O) groups excluding carboxylic acids is 1. The maximum atomic E-state index is 13.0. The molecule has 1 aliphatic heterocycles. The van der Waals surface area contributed by atoms with Crippen LogP contribution < -0.4 is 5.73 Å². The predicted molar refractivity (Wildman–Crippen MR) is 76.9 cm³/mol. The van der Waals surface area contributed by atoms with Gasteiger partial charge in [-0.25, -0.2) is 4.39 Å². The molecule has 2 aliphatic rings. The Morgan fingerprint density at radius 2 is 1.80 bits per heavy atom. The number of rotatable bonds is 1. The summed E-state index contributed by atoms with van der Waals surface area (Å²) in [5, 5.41) is 0.